The zero-order chi connectivity index (χ0) is 6.85. The first-order valence-corrected chi connectivity index (χ1v) is 3.18. The van der Waals surface area contributed by atoms with Gasteiger partial charge >= 0.3 is 0 Å². The summed E-state index contributed by atoms with van der Waals surface area (Å²) in [5.41, 5.74) is 0. The first-order chi connectivity index (χ1) is 4.22. The molecule has 1 heterocycles. The van der Waals surface area contributed by atoms with E-state index in [0.717, 1.165) is 0 Å². The van der Waals surface area contributed by atoms with Crippen LogP contribution in [-0.4, -0.2) is 23.5 Å². The van der Waals surface area contributed by atoms with Gasteiger partial charge in [-0.25, -0.2) is 0 Å². The molecule has 1 aliphatic heterocycles. The molecular weight excluding hydrogens is 116 g/mol. The second kappa shape index (κ2) is 2.25. The van der Waals surface area contributed by atoms with Crippen LogP contribution in [0.4, 0.5) is 0 Å². The monoisotopic (exact) mass is 128 g/mol. The largest absolute Gasteiger partial charge is 0.369 e. The van der Waals surface area contributed by atoms with E-state index in [9.17, 15) is 0 Å². The maximum atomic E-state index is 4.92. The summed E-state index contributed by atoms with van der Waals surface area (Å²) in [6.07, 6.45) is 1.85. The van der Waals surface area contributed by atoms with Crippen molar-refractivity contribution in [1.29, 1.82) is 0 Å². The molecule has 0 aromatic rings. The molecule has 0 fully saturated rings. The highest BCUT2D eigenvalue weighted by atomic mass is 16.7. The standard InChI is InChI=1S/C6H12N2O/c1-5(2)8-4-7-9-6(8)3/h4-6H,1-3H3. The molecule has 1 aliphatic rings. The SMILES string of the molecule is CC(C)N1C=NOC1C. The van der Waals surface area contributed by atoms with Crippen molar-refractivity contribution in [3.05, 3.63) is 0 Å². The molecule has 9 heavy (non-hydrogen) atoms. The molecule has 0 amide bonds. The second-order valence-electron chi connectivity index (χ2n) is 2.47. The average molecular weight is 128 g/mol. The molecule has 1 atom stereocenters. The van der Waals surface area contributed by atoms with E-state index < -0.39 is 0 Å². The number of rotatable bonds is 1. The van der Waals surface area contributed by atoms with Crippen molar-refractivity contribution in [1.82, 2.24) is 4.90 Å². The van der Waals surface area contributed by atoms with Crippen molar-refractivity contribution < 1.29 is 4.84 Å². The summed E-state index contributed by atoms with van der Waals surface area (Å²) >= 11 is 0. The first-order valence-electron chi connectivity index (χ1n) is 3.18. The molecule has 0 saturated heterocycles. The molecule has 1 unspecified atom stereocenters. The van der Waals surface area contributed by atoms with Crippen LogP contribution in [0.5, 0.6) is 0 Å². The Morgan fingerprint density at radius 1 is 1.67 bits per heavy atom. The van der Waals surface area contributed by atoms with Gasteiger partial charge in [-0.3, -0.25) is 0 Å². The molecule has 3 heteroatoms. The predicted octanol–water partition coefficient (Wildman–Crippen LogP) is 1.02. The van der Waals surface area contributed by atoms with Crippen LogP contribution in [0.25, 0.3) is 0 Å². The van der Waals surface area contributed by atoms with Crippen molar-refractivity contribution in [2.24, 2.45) is 5.16 Å². The van der Waals surface area contributed by atoms with Gasteiger partial charge in [0, 0.05) is 6.04 Å². The van der Waals surface area contributed by atoms with Crippen LogP contribution in [-0.2, 0) is 4.84 Å². The third kappa shape index (κ3) is 1.15. The van der Waals surface area contributed by atoms with E-state index in [4.69, 9.17) is 4.84 Å². The van der Waals surface area contributed by atoms with Crippen molar-refractivity contribution in [2.75, 3.05) is 0 Å². The fraction of sp³-hybridized carbons (Fsp3) is 0.833. The van der Waals surface area contributed by atoms with Gasteiger partial charge in [-0.05, 0) is 20.8 Å². The summed E-state index contributed by atoms with van der Waals surface area (Å²) in [5.74, 6) is 0. The van der Waals surface area contributed by atoms with Gasteiger partial charge < -0.3 is 9.74 Å². The summed E-state index contributed by atoms with van der Waals surface area (Å²) in [6, 6.07) is 0.478. The van der Waals surface area contributed by atoms with Crippen molar-refractivity contribution in [3.8, 4) is 0 Å². The number of oxime groups is 1. The Labute approximate surface area is 55.3 Å². The lowest BCUT2D eigenvalue weighted by Gasteiger charge is -2.21. The Hall–Kier alpha value is -0.730. The van der Waals surface area contributed by atoms with Crippen LogP contribution in [0.3, 0.4) is 0 Å². The highest BCUT2D eigenvalue weighted by Gasteiger charge is 2.18. The maximum absolute atomic E-state index is 4.92. The smallest absolute Gasteiger partial charge is 0.198 e. The lowest BCUT2D eigenvalue weighted by Crippen LogP contribution is -2.34. The Balaban J connectivity index is 2.49. The van der Waals surface area contributed by atoms with E-state index in [1.54, 1.807) is 6.34 Å². The summed E-state index contributed by atoms with van der Waals surface area (Å²) < 4.78 is 0. The van der Waals surface area contributed by atoms with Gasteiger partial charge in [0.05, 0.1) is 0 Å². The zero-order valence-corrected chi connectivity index (χ0v) is 6.03. The van der Waals surface area contributed by atoms with Gasteiger partial charge in [-0.1, -0.05) is 5.16 Å². The molecule has 0 spiro atoms. The van der Waals surface area contributed by atoms with Gasteiger partial charge in [0.1, 0.15) is 6.34 Å². The number of nitrogens with zero attached hydrogens (tertiary/aromatic N) is 2. The van der Waals surface area contributed by atoms with Gasteiger partial charge in [0.25, 0.3) is 0 Å². The van der Waals surface area contributed by atoms with Crippen molar-refractivity contribution >= 4 is 6.34 Å². The molecule has 3 nitrogen and oxygen atoms in total. The van der Waals surface area contributed by atoms with E-state index in [2.05, 4.69) is 23.9 Å². The fourth-order valence-corrected chi connectivity index (χ4v) is 0.871. The summed E-state index contributed by atoms with van der Waals surface area (Å²) in [5, 5.41) is 3.67. The number of hydrogen-bond acceptors (Lipinski definition) is 3. The number of hydrogen-bond donors (Lipinski definition) is 0. The van der Waals surface area contributed by atoms with Crippen LogP contribution in [0, 0.1) is 0 Å². The molecule has 0 bridgehead atoms. The van der Waals surface area contributed by atoms with Gasteiger partial charge in [0.15, 0.2) is 6.23 Å². The maximum Gasteiger partial charge on any atom is 0.198 e. The molecule has 1 rings (SSSR count). The Bertz CT molecular complexity index is 122. The summed E-state index contributed by atoms with van der Waals surface area (Å²) in [4.78, 5) is 6.98. The lowest BCUT2D eigenvalue weighted by molar-refractivity contribution is 0.0146. The molecule has 0 N–H and O–H groups in total. The normalized spacial score (nSPS) is 25.3. The van der Waals surface area contributed by atoms with Gasteiger partial charge in [-0.2, -0.15) is 0 Å². The minimum absolute atomic E-state index is 0.116. The first kappa shape index (κ1) is 6.39. The quantitative estimate of drug-likeness (QED) is 0.526. The third-order valence-electron chi connectivity index (χ3n) is 1.41. The summed E-state index contributed by atoms with van der Waals surface area (Å²) in [7, 11) is 0. The topological polar surface area (TPSA) is 24.8 Å². The van der Waals surface area contributed by atoms with Gasteiger partial charge in [0.2, 0.25) is 0 Å². The van der Waals surface area contributed by atoms with E-state index in [1.165, 1.54) is 0 Å². The summed E-state index contributed by atoms with van der Waals surface area (Å²) in [6.45, 7) is 6.20. The molecule has 0 aromatic heterocycles. The Morgan fingerprint density at radius 2 is 2.33 bits per heavy atom. The van der Waals surface area contributed by atoms with Crippen molar-refractivity contribution in [3.63, 3.8) is 0 Å². The highest BCUT2D eigenvalue weighted by molar-refractivity contribution is 5.56. The van der Waals surface area contributed by atoms with Crippen LogP contribution in [0.15, 0.2) is 5.16 Å². The van der Waals surface area contributed by atoms with E-state index in [-0.39, 0.29) is 6.23 Å². The molecular formula is C6H12N2O. The minimum Gasteiger partial charge on any atom is -0.369 e. The fourth-order valence-electron chi connectivity index (χ4n) is 0.871. The molecule has 0 aromatic carbocycles. The predicted molar refractivity (Wildman–Crippen MR) is 36.0 cm³/mol. The van der Waals surface area contributed by atoms with Gasteiger partial charge in [-0.15, -0.1) is 0 Å². The van der Waals surface area contributed by atoms with Crippen molar-refractivity contribution in [2.45, 2.75) is 33.0 Å². The van der Waals surface area contributed by atoms with Crippen LogP contribution in [0.1, 0.15) is 20.8 Å². The Kier molecular flexibility index (Phi) is 1.60. The second-order valence-corrected chi connectivity index (χ2v) is 2.47. The lowest BCUT2D eigenvalue weighted by atomic mass is 10.3. The van der Waals surface area contributed by atoms with Crippen LogP contribution < -0.4 is 0 Å². The average Bonchev–Trinajstić information content (AvgIpc) is 2.13. The van der Waals surface area contributed by atoms with Crippen LogP contribution in [0.2, 0.25) is 0 Å². The van der Waals surface area contributed by atoms with E-state index >= 15 is 0 Å². The van der Waals surface area contributed by atoms with Crippen LogP contribution >= 0.6 is 0 Å². The molecule has 0 radical (unpaired) electrons. The minimum atomic E-state index is 0.116. The Morgan fingerprint density at radius 3 is 2.56 bits per heavy atom. The zero-order valence-electron chi connectivity index (χ0n) is 6.03. The molecule has 52 valence electrons. The highest BCUT2D eigenvalue weighted by Crippen LogP contribution is 2.09. The molecule has 0 aliphatic carbocycles. The van der Waals surface area contributed by atoms with E-state index in [1.807, 2.05) is 6.92 Å². The van der Waals surface area contributed by atoms with E-state index in [0.29, 0.717) is 6.04 Å². The third-order valence-corrected chi connectivity index (χ3v) is 1.41. The molecule has 0 saturated carbocycles.